The van der Waals surface area contributed by atoms with E-state index in [0.29, 0.717) is 44.6 Å². The Hall–Kier alpha value is -3.74. The Balaban J connectivity index is 1.30. The highest BCUT2D eigenvalue weighted by molar-refractivity contribution is 5.91. The van der Waals surface area contributed by atoms with E-state index in [2.05, 4.69) is 29.3 Å². The fourth-order valence-corrected chi connectivity index (χ4v) is 10.8. The van der Waals surface area contributed by atoms with Gasteiger partial charge in [-0.05, 0) is 80.0 Å². The first kappa shape index (κ1) is 45.3. The molecule has 0 saturated carbocycles. The van der Waals surface area contributed by atoms with Gasteiger partial charge in [-0.2, -0.15) is 0 Å². The number of benzene rings is 1. The molecule has 4 saturated heterocycles. The molecule has 0 unspecified atom stereocenters. The standard InChI is InChI=1S/C44H67N7O10/c1-12-33-44(9)38-26(5)34(45-17-18-50(38)42(54)61-44)24(3)20-43(8)39(60-41-36(52)32(49(10)11)19-25(4)58-41)27(6)37(28(7)40(53)59-33)55-22-30(23-56-43)47-57-21-29-15-14-16-31-35(29)46-48-51(31)13-2/h14-16,24-28,32-33,36-39,41,52H,12-13,17-23H2,1-11H3/t24-,25+,26+,27+,28+,32-,33-,36+,37+,38-,39-,41-,43-,44-/m1/s1. The van der Waals surface area contributed by atoms with Crippen LogP contribution in [0.2, 0.25) is 0 Å². The summed E-state index contributed by atoms with van der Waals surface area (Å²) in [6.45, 7) is 19.4. The lowest BCUT2D eigenvalue weighted by Gasteiger charge is -2.48. The number of cyclic esters (lactones) is 1. The lowest BCUT2D eigenvalue weighted by Crippen LogP contribution is -2.60. The number of hydrogen-bond acceptors (Lipinski definition) is 15. The van der Waals surface area contributed by atoms with Crippen LogP contribution in [0.4, 0.5) is 4.79 Å². The van der Waals surface area contributed by atoms with E-state index in [4.69, 9.17) is 38.3 Å². The molecular formula is C44H67N7O10. The normalized spacial score (nSPS) is 39.5. The maximum Gasteiger partial charge on any atom is 0.410 e. The maximum atomic E-state index is 14.6. The van der Waals surface area contributed by atoms with Crippen molar-refractivity contribution in [1.29, 1.82) is 0 Å². The van der Waals surface area contributed by atoms with E-state index in [0.717, 1.165) is 22.3 Å². The predicted octanol–water partition coefficient (Wildman–Crippen LogP) is 4.61. The molecule has 5 aliphatic rings. The molecule has 1 aromatic carbocycles. The summed E-state index contributed by atoms with van der Waals surface area (Å²) in [6, 6.07) is 5.19. The molecule has 0 radical (unpaired) electrons. The van der Waals surface area contributed by atoms with Crippen molar-refractivity contribution >= 4 is 34.5 Å². The van der Waals surface area contributed by atoms with Crippen molar-refractivity contribution in [3.8, 4) is 0 Å². The summed E-state index contributed by atoms with van der Waals surface area (Å²) in [7, 11) is 3.87. The first-order chi connectivity index (χ1) is 29.0. The third kappa shape index (κ3) is 8.66. The number of fused-ring (bicyclic) bond motifs is 5. The molecule has 7 rings (SSSR count). The van der Waals surface area contributed by atoms with Gasteiger partial charge in [-0.15, -0.1) is 5.10 Å². The van der Waals surface area contributed by atoms with Crippen LogP contribution in [0.3, 0.4) is 0 Å². The Morgan fingerprint density at radius 2 is 1.84 bits per heavy atom. The van der Waals surface area contributed by atoms with Crippen molar-refractivity contribution in [2.24, 2.45) is 33.8 Å². The molecule has 1 N–H and O–H groups in total. The summed E-state index contributed by atoms with van der Waals surface area (Å²) in [6.07, 6.45) is -3.50. The van der Waals surface area contributed by atoms with Gasteiger partial charge < -0.3 is 43.3 Å². The van der Waals surface area contributed by atoms with Gasteiger partial charge in [0.05, 0.1) is 61.1 Å². The Bertz CT molecular complexity index is 1960. The summed E-state index contributed by atoms with van der Waals surface area (Å²) >= 11 is 0. The quantitative estimate of drug-likeness (QED) is 0.288. The molecular weight excluding hydrogens is 787 g/mol. The Morgan fingerprint density at radius 1 is 1.07 bits per heavy atom. The third-order valence-corrected chi connectivity index (χ3v) is 13.9. The second-order valence-corrected chi connectivity index (χ2v) is 18.5. The number of nitrogens with zero attached hydrogens (tertiary/aromatic N) is 7. The topological polar surface area (TPSA) is 181 Å². The Morgan fingerprint density at radius 3 is 2.56 bits per heavy atom. The summed E-state index contributed by atoms with van der Waals surface area (Å²) in [5, 5.41) is 25.0. The summed E-state index contributed by atoms with van der Waals surface area (Å²) < 4.78 is 41.8. The fraction of sp³-hybridized carbons (Fsp3) is 0.773. The third-order valence-electron chi connectivity index (χ3n) is 13.9. The number of aromatic nitrogens is 3. The van der Waals surface area contributed by atoms with E-state index in [1.165, 1.54) is 0 Å². The second-order valence-electron chi connectivity index (χ2n) is 18.5. The van der Waals surface area contributed by atoms with Crippen LogP contribution in [0.1, 0.15) is 87.1 Å². The molecule has 1 aromatic heterocycles. The van der Waals surface area contributed by atoms with Crippen molar-refractivity contribution in [3.63, 3.8) is 0 Å². The van der Waals surface area contributed by atoms with E-state index < -0.39 is 71.8 Å². The first-order valence-electron chi connectivity index (χ1n) is 22.1. The molecule has 17 heteroatoms. The number of aliphatic hydroxyl groups excluding tert-OH is 1. The molecule has 6 heterocycles. The van der Waals surface area contributed by atoms with E-state index in [9.17, 15) is 14.7 Å². The van der Waals surface area contributed by atoms with Crippen LogP contribution in [-0.2, 0) is 51.2 Å². The van der Waals surface area contributed by atoms with Crippen LogP contribution < -0.4 is 0 Å². The van der Waals surface area contributed by atoms with E-state index in [-0.39, 0.29) is 43.8 Å². The molecule has 0 spiro atoms. The average molecular weight is 854 g/mol. The monoisotopic (exact) mass is 853 g/mol. The minimum Gasteiger partial charge on any atom is -0.458 e. The van der Waals surface area contributed by atoms with Crippen molar-refractivity contribution in [2.75, 3.05) is 40.4 Å². The number of amides is 1. The zero-order chi connectivity index (χ0) is 44.0. The average Bonchev–Trinajstić information content (AvgIpc) is 3.70. The van der Waals surface area contributed by atoms with Gasteiger partial charge >= 0.3 is 12.1 Å². The number of ether oxygens (including phenoxy) is 6. The SMILES string of the molecule is CC[C@H]1OC(=O)[C@@H](C)[C@H]2OCC(=NOCc3cccc4c3nnn4CC)CO[C@](C)(C[C@@H](C)C3=NCCN4C(=O)O[C@@]1(C)[C@H]4[C@H]3C)[C@H](O[C@H]1O[C@@H](C)C[C@@H](N(C)C)[C@@H]1O)[C@H]2C. The van der Waals surface area contributed by atoms with E-state index in [1.807, 2.05) is 83.4 Å². The van der Waals surface area contributed by atoms with Crippen molar-refractivity contribution in [2.45, 2.75) is 155 Å². The molecule has 14 atom stereocenters. The molecule has 4 fully saturated rings. The Labute approximate surface area is 359 Å². The number of carbonyl (C=O) groups is 2. The number of aryl methyl sites for hydroxylation is 1. The maximum absolute atomic E-state index is 14.6. The molecule has 2 aromatic rings. The zero-order valence-electron chi connectivity index (χ0n) is 37.8. The fourth-order valence-electron chi connectivity index (χ4n) is 10.8. The predicted molar refractivity (Wildman–Crippen MR) is 226 cm³/mol. The van der Waals surface area contributed by atoms with Gasteiger partial charge in [-0.3, -0.25) is 14.7 Å². The number of likely N-dealkylation sites (N-methyl/N-ethyl adjacent to an activating group) is 1. The molecule has 17 nitrogen and oxygen atoms in total. The molecule has 338 valence electrons. The van der Waals surface area contributed by atoms with Gasteiger partial charge in [0.25, 0.3) is 0 Å². The smallest absolute Gasteiger partial charge is 0.410 e. The number of esters is 1. The van der Waals surface area contributed by atoms with E-state index in [1.54, 1.807) is 11.8 Å². The minimum atomic E-state index is -1.14. The molecule has 4 bridgehead atoms. The van der Waals surface area contributed by atoms with Crippen LogP contribution in [-0.4, -0.2) is 154 Å². The summed E-state index contributed by atoms with van der Waals surface area (Å²) in [5.74, 6) is -2.29. The van der Waals surface area contributed by atoms with Crippen LogP contribution in [0.5, 0.6) is 0 Å². The van der Waals surface area contributed by atoms with Crippen molar-refractivity contribution in [1.82, 2.24) is 24.8 Å². The number of carbonyl (C=O) groups excluding carboxylic acids is 2. The lowest BCUT2D eigenvalue weighted by atomic mass is 9.72. The van der Waals surface area contributed by atoms with Gasteiger partial charge in [0, 0.05) is 42.2 Å². The van der Waals surface area contributed by atoms with Crippen LogP contribution in [0.15, 0.2) is 28.3 Å². The van der Waals surface area contributed by atoms with E-state index >= 15 is 0 Å². The minimum absolute atomic E-state index is 0.0130. The van der Waals surface area contributed by atoms with Crippen LogP contribution in [0, 0.1) is 23.7 Å². The number of rotatable bonds is 8. The van der Waals surface area contributed by atoms with Crippen LogP contribution >= 0.6 is 0 Å². The number of hydrogen-bond donors (Lipinski definition) is 1. The van der Waals surface area contributed by atoms with Crippen LogP contribution in [0.25, 0.3) is 11.0 Å². The molecule has 1 amide bonds. The second kappa shape index (κ2) is 18.2. The largest absolute Gasteiger partial charge is 0.458 e. The number of aliphatic hydroxyl groups is 1. The van der Waals surface area contributed by atoms with Crippen molar-refractivity contribution < 1.29 is 48.0 Å². The lowest BCUT2D eigenvalue weighted by molar-refractivity contribution is -0.302. The number of oxime groups is 1. The molecule has 61 heavy (non-hydrogen) atoms. The van der Waals surface area contributed by atoms with Gasteiger partial charge in [-0.25, -0.2) is 9.48 Å². The highest BCUT2D eigenvalue weighted by atomic mass is 16.7. The van der Waals surface area contributed by atoms with Crippen molar-refractivity contribution in [3.05, 3.63) is 23.8 Å². The highest BCUT2D eigenvalue weighted by Crippen LogP contribution is 2.45. The summed E-state index contributed by atoms with van der Waals surface area (Å²) in [5.41, 5.74) is 1.61. The Kier molecular flexibility index (Phi) is 13.5. The molecule has 5 aliphatic heterocycles. The van der Waals surface area contributed by atoms with Gasteiger partial charge in [-0.1, -0.05) is 50.2 Å². The first-order valence-corrected chi connectivity index (χ1v) is 22.1. The summed E-state index contributed by atoms with van der Waals surface area (Å²) in [4.78, 5) is 43.1. The molecule has 0 aliphatic carbocycles. The number of aliphatic imine (C=N–C) groups is 1. The highest BCUT2D eigenvalue weighted by Gasteiger charge is 2.60. The van der Waals surface area contributed by atoms with Gasteiger partial charge in [0.2, 0.25) is 0 Å². The zero-order valence-corrected chi connectivity index (χ0v) is 37.8. The van der Waals surface area contributed by atoms with Gasteiger partial charge in [0.15, 0.2) is 11.9 Å². The van der Waals surface area contributed by atoms with Gasteiger partial charge in [0.1, 0.15) is 30.0 Å².